The zero-order valence-corrected chi connectivity index (χ0v) is 12.9. The number of para-hydroxylation sites is 2. The molecule has 1 aliphatic heterocycles. The Morgan fingerprint density at radius 3 is 2.65 bits per heavy atom. The molecular weight excluding hydrogens is 301 g/mol. The van der Waals surface area contributed by atoms with E-state index < -0.39 is 24.7 Å². The van der Waals surface area contributed by atoms with Gasteiger partial charge in [0.05, 0.1) is 0 Å². The molecule has 7 nitrogen and oxygen atoms in total. The summed E-state index contributed by atoms with van der Waals surface area (Å²) in [4.78, 5) is 11.5. The van der Waals surface area contributed by atoms with E-state index in [4.69, 9.17) is 25.3 Å². The zero-order valence-electron chi connectivity index (χ0n) is 12.9. The van der Waals surface area contributed by atoms with Gasteiger partial charge in [-0.3, -0.25) is 4.79 Å². The number of hydrogen-bond acceptors (Lipinski definition) is 6. The number of ether oxygens (including phenoxy) is 2. The maximum Gasteiger partial charge on any atom is 0.451 e. The number of carboxylic acids is 1. The number of carbonyl (C=O) groups is 1. The van der Waals surface area contributed by atoms with Gasteiger partial charge in [-0.2, -0.15) is 0 Å². The molecule has 0 saturated carbocycles. The molecule has 1 aromatic rings. The van der Waals surface area contributed by atoms with Crippen molar-refractivity contribution < 1.29 is 29.4 Å². The highest BCUT2D eigenvalue weighted by Crippen LogP contribution is 2.33. The van der Waals surface area contributed by atoms with Crippen LogP contribution in [0.5, 0.6) is 11.5 Å². The lowest BCUT2D eigenvalue weighted by Gasteiger charge is -2.32. The summed E-state index contributed by atoms with van der Waals surface area (Å²) in [5.74, 6) is 0.128. The Bertz CT molecular complexity index is 540. The zero-order chi connectivity index (χ0) is 16.9. The lowest BCUT2D eigenvalue weighted by molar-refractivity contribution is -0.145. The van der Waals surface area contributed by atoms with Gasteiger partial charge in [-0.05, 0) is 24.9 Å². The van der Waals surface area contributed by atoms with Gasteiger partial charge in [-0.15, -0.1) is 0 Å². The molecule has 2 atom stereocenters. The molecule has 23 heavy (non-hydrogen) atoms. The molecule has 8 heteroatoms. The second-order valence-corrected chi connectivity index (χ2v) is 5.89. The van der Waals surface area contributed by atoms with Crippen LogP contribution in [0.15, 0.2) is 24.3 Å². The van der Waals surface area contributed by atoms with Gasteiger partial charge in [0.25, 0.3) is 0 Å². The number of nitrogens with two attached hydrogens (primary N) is 1. The fourth-order valence-electron chi connectivity index (χ4n) is 2.63. The SMILES string of the molecule is NC(CCCCB(O)O)(CC1COc2ccccc2O1)C(=O)O. The monoisotopic (exact) mass is 323 g/mol. The summed E-state index contributed by atoms with van der Waals surface area (Å²) in [6.07, 6.45) is 1.11. The van der Waals surface area contributed by atoms with Gasteiger partial charge in [-0.1, -0.05) is 25.0 Å². The van der Waals surface area contributed by atoms with Crippen LogP contribution in [0.4, 0.5) is 0 Å². The Morgan fingerprint density at radius 2 is 2.00 bits per heavy atom. The molecule has 126 valence electrons. The van der Waals surface area contributed by atoms with E-state index >= 15 is 0 Å². The van der Waals surface area contributed by atoms with E-state index in [1.807, 2.05) is 12.1 Å². The summed E-state index contributed by atoms with van der Waals surface area (Å²) in [7, 11) is -1.38. The highest BCUT2D eigenvalue weighted by molar-refractivity contribution is 6.40. The molecule has 0 fully saturated rings. The lowest BCUT2D eigenvalue weighted by Crippen LogP contribution is -2.52. The van der Waals surface area contributed by atoms with Crippen molar-refractivity contribution in [2.75, 3.05) is 6.61 Å². The first-order valence-electron chi connectivity index (χ1n) is 7.67. The Morgan fingerprint density at radius 1 is 1.30 bits per heavy atom. The standard InChI is InChI=1S/C15H22BNO6/c17-15(14(18)19,7-3-4-8-16(20)21)9-11-10-22-12-5-1-2-6-13(12)23-11/h1-2,5-6,11,20-21H,3-4,7-10,17H2,(H,18,19). The fourth-order valence-corrected chi connectivity index (χ4v) is 2.63. The maximum atomic E-state index is 11.5. The molecule has 1 aliphatic rings. The second-order valence-electron chi connectivity index (χ2n) is 5.89. The molecule has 2 unspecified atom stereocenters. The fraction of sp³-hybridized carbons (Fsp3) is 0.533. The van der Waals surface area contributed by atoms with E-state index in [2.05, 4.69) is 0 Å². The number of aliphatic carboxylic acids is 1. The summed E-state index contributed by atoms with van der Waals surface area (Å²) in [6, 6.07) is 7.21. The van der Waals surface area contributed by atoms with Crippen LogP contribution in [0.25, 0.3) is 0 Å². The molecule has 1 aromatic carbocycles. The van der Waals surface area contributed by atoms with Crippen LogP contribution in [0.2, 0.25) is 6.32 Å². The van der Waals surface area contributed by atoms with Crippen molar-refractivity contribution in [3.05, 3.63) is 24.3 Å². The van der Waals surface area contributed by atoms with Crippen LogP contribution < -0.4 is 15.2 Å². The van der Waals surface area contributed by atoms with E-state index in [0.29, 0.717) is 24.3 Å². The molecule has 0 bridgehead atoms. The largest absolute Gasteiger partial charge is 0.486 e. The first kappa shape index (κ1) is 17.6. The predicted octanol–water partition coefficient (Wildman–Crippen LogP) is 0.642. The topological polar surface area (TPSA) is 122 Å². The maximum absolute atomic E-state index is 11.5. The molecule has 0 aliphatic carbocycles. The van der Waals surface area contributed by atoms with Crippen LogP contribution in [0.3, 0.4) is 0 Å². The quantitative estimate of drug-likeness (QED) is 0.409. The Labute approximate surface area is 135 Å². The van der Waals surface area contributed by atoms with Crippen LogP contribution in [0, 0.1) is 0 Å². The van der Waals surface area contributed by atoms with Crippen molar-refractivity contribution in [2.24, 2.45) is 5.73 Å². The average molecular weight is 323 g/mol. The van der Waals surface area contributed by atoms with Crippen molar-refractivity contribution in [1.29, 1.82) is 0 Å². The van der Waals surface area contributed by atoms with Gasteiger partial charge in [0.15, 0.2) is 11.5 Å². The predicted molar refractivity (Wildman–Crippen MR) is 84.4 cm³/mol. The number of benzene rings is 1. The van der Waals surface area contributed by atoms with Crippen molar-refractivity contribution in [3.63, 3.8) is 0 Å². The highest BCUT2D eigenvalue weighted by Gasteiger charge is 2.38. The van der Waals surface area contributed by atoms with E-state index in [9.17, 15) is 9.90 Å². The normalized spacial score (nSPS) is 19.0. The van der Waals surface area contributed by atoms with E-state index in [1.165, 1.54) is 0 Å². The van der Waals surface area contributed by atoms with Gasteiger partial charge >= 0.3 is 13.1 Å². The third-order valence-electron chi connectivity index (χ3n) is 3.92. The molecule has 2 rings (SSSR count). The van der Waals surface area contributed by atoms with Crippen molar-refractivity contribution >= 4 is 13.1 Å². The van der Waals surface area contributed by atoms with Crippen LogP contribution >= 0.6 is 0 Å². The third-order valence-corrected chi connectivity index (χ3v) is 3.92. The first-order chi connectivity index (χ1) is 10.9. The van der Waals surface area contributed by atoms with Crippen LogP contribution in [-0.2, 0) is 4.79 Å². The van der Waals surface area contributed by atoms with E-state index in [-0.39, 0.29) is 25.8 Å². The second kappa shape index (κ2) is 7.67. The van der Waals surface area contributed by atoms with Crippen molar-refractivity contribution in [2.45, 2.75) is 43.6 Å². The van der Waals surface area contributed by atoms with Gasteiger partial charge in [0.1, 0.15) is 18.2 Å². The van der Waals surface area contributed by atoms with Gasteiger partial charge in [0, 0.05) is 6.42 Å². The summed E-state index contributed by atoms with van der Waals surface area (Å²) in [5.41, 5.74) is 4.62. The number of rotatable bonds is 8. The minimum Gasteiger partial charge on any atom is -0.486 e. The van der Waals surface area contributed by atoms with Crippen molar-refractivity contribution in [1.82, 2.24) is 0 Å². The minimum atomic E-state index is -1.43. The minimum absolute atomic E-state index is 0.123. The van der Waals surface area contributed by atoms with E-state index in [0.717, 1.165) is 0 Å². The van der Waals surface area contributed by atoms with Gasteiger partial charge < -0.3 is 30.4 Å². The van der Waals surface area contributed by atoms with Gasteiger partial charge in [-0.25, -0.2) is 0 Å². The first-order valence-corrected chi connectivity index (χ1v) is 7.67. The molecule has 0 radical (unpaired) electrons. The smallest absolute Gasteiger partial charge is 0.451 e. The van der Waals surface area contributed by atoms with Crippen molar-refractivity contribution in [3.8, 4) is 11.5 Å². The van der Waals surface area contributed by atoms with Gasteiger partial charge in [0.2, 0.25) is 0 Å². The van der Waals surface area contributed by atoms with Crippen LogP contribution in [0.1, 0.15) is 25.7 Å². The highest BCUT2D eigenvalue weighted by atomic mass is 16.6. The van der Waals surface area contributed by atoms with E-state index in [1.54, 1.807) is 12.1 Å². The molecular formula is C15H22BNO6. The summed E-state index contributed by atoms with van der Waals surface area (Å²) >= 11 is 0. The molecule has 0 saturated heterocycles. The summed E-state index contributed by atoms with van der Waals surface area (Å²) < 4.78 is 11.4. The summed E-state index contributed by atoms with van der Waals surface area (Å²) in [6.45, 7) is 0.249. The Balaban J connectivity index is 1.93. The lowest BCUT2D eigenvalue weighted by atomic mass is 9.81. The molecule has 0 amide bonds. The summed E-state index contributed by atoms with van der Waals surface area (Å²) in [5, 5.41) is 27.1. The third kappa shape index (κ3) is 4.85. The average Bonchev–Trinajstić information content (AvgIpc) is 2.51. The number of unbranched alkanes of at least 4 members (excludes halogenated alkanes) is 1. The van der Waals surface area contributed by atoms with Crippen LogP contribution in [-0.4, -0.2) is 46.5 Å². The Hall–Kier alpha value is -1.77. The number of carboxylic acid groups (broad SMARTS) is 1. The molecule has 0 aromatic heterocycles. The molecule has 1 heterocycles. The molecule has 5 N–H and O–H groups in total. The Kier molecular flexibility index (Phi) is 5.87. The number of fused-ring (bicyclic) bond motifs is 1. The number of hydrogen-bond donors (Lipinski definition) is 4. The molecule has 0 spiro atoms.